The second kappa shape index (κ2) is 15.9. The minimum absolute atomic E-state index is 0. The summed E-state index contributed by atoms with van der Waals surface area (Å²) in [5, 5.41) is 0. The first-order valence-corrected chi connectivity index (χ1v) is 1.32. The Balaban J connectivity index is -0.0000000450. The van der Waals surface area contributed by atoms with Crippen molar-refractivity contribution in [3.8, 4) is 0 Å². The van der Waals surface area contributed by atoms with Crippen LogP contribution in [0.4, 0.5) is 0 Å². The van der Waals surface area contributed by atoms with Crippen molar-refractivity contribution < 1.29 is 0 Å². The van der Waals surface area contributed by atoms with E-state index in [1.54, 1.807) is 0 Å². The van der Waals surface area contributed by atoms with E-state index in [-0.39, 0.29) is 52.6 Å². The Bertz CT molecular complexity index is 13.5. The molecule has 0 spiro atoms. The summed E-state index contributed by atoms with van der Waals surface area (Å²) in [5.74, 6) is 0. The first-order chi connectivity index (χ1) is 1.91. The molecule has 32 valence electrons. The molecule has 0 aromatic heterocycles. The summed E-state index contributed by atoms with van der Waals surface area (Å²) in [6.07, 6.45) is 0. The Morgan fingerprint density at radius 3 is 1.17 bits per heavy atom. The third-order valence-electron chi connectivity index (χ3n) is 0.167. The van der Waals surface area contributed by atoms with Crippen LogP contribution in [0.25, 0.3) is 0 Å². The van der Waals surface area contributed by atoms with Crippen molar-refractivity contribution in [2.24, 2.45) is 11.5 Å². The topological polar surface area (TPSA) is 52.0 Å². The van der Waals surface area contributed by atoms with Gasteiger partial charge in [-0.15, -0.1) is 0 Å². The number of hydrogen-bond acceptors (Lipinski definition) is 2. The SMILES string of the molecule is NCCN.[MgH2].[NaH]. The van der Waals surface area contributed by atoms with Gasteiger partial charge in [0.1, 0.15) is 0 Å². The molecule has 0 atom stereocenters. The van der Waals surface area contributed by atoms with Crippen molar-refractivity contribution in [2.45, 2.75) is 0 Å². The van der Waals surface area contributed by atoms with Crippen molar-refractivity contribution in [3.63, 3.8) is 0 Å². The van der Waals surface area contributed by atoms with Gasteiger partial charge in [0.25, 0.3) is 0 Å². The van der Waals surface area contributed by atoms with Gasteiger partial charge in [-0.2, -0.15) is 0 Å². The van der Waals surface area contributed by atoms with Gasteiger partial charge in [0.05, 0.1) is 0 Å². The molecule has 0 aliphatic rings. The molecule has 2 nitrogen and oxygen atoms in total. The van der Waals surface area contributed by atoms with Crippen LogP contribution in [-0.4, -0.2) is 65.7 Å². The summed E-state index contributed by atoms with van der Waals surface area (Å²) >= 11 is 0. The van der Waals surface area contributed by atoms with Crippen LogP contribution < -0.4 is 11.5 Å². The van der Waals surface area contributed by atoms with E-state index in [0.29, 0.717) is 13.1 Å². The fourth-order valence-electron chi connectivity index (χ4n) is 0. The predicted molar refractivity (Wildman–Crippen MR) is 33.8 cm³/mol. The quantitative estimate of drug-likeness (QED) is 0.362. The molecule has 0 aliphatic carbocycles. The first-order valence-electron chi connectivity index (χ1n) is 1.32. The van der Waals surface area contributed by atoms with E-state index in [2.05, 4.69) is 0 Å². The molecular weight excluding hydrogens is 99.3 g/mol. The van der Waals surface area contributed by atoms with E-state index in [0.717, 1.165) is 0 Å². The molecule has 0 saturated heterocycles. The van der Waals surface area contributed by atoms with Crippen molar-refractivity contribution in [2.75, 3.05) is 13.1 Å². The molecule has 4 heteroatoms. The fourth-order valence-corrected chi connectivity index (χ4v) is 0. The van der Waals surface area contributed by atoms with Gasteiger partial charge in [-0.05, 0) is 0 Å². The van der Waals surface area contributed by atoms with Gasteiger partial charge in [0.15, 0.2) is 0 Å². The molecular formula is C2H11MgN2Na. The van der Waals surface area contributed by atoms with E-state index in [1.165, 1.54) is 0 Å². The van der Waals surface area contributed by atoms with Gasteiger partial charge in [0, 0.05) is 13.1 Å². The number of nitrogens with two attached hydrogens (primary N) is 2. The Labute approximate surface area is 76.5 Å². The van der Waals surface area contributed by atoms with Crippen LogP contribution in [0, 0.1) is 0 Å². The average Bonchev–Trinajstić information content (AvgIpc) is 1.37. The van der Waals surface area contributed by atoms with E-state index in [1.807, 2.05) is 0 Å². The van der Waals surface area contributed by atoms with Gasteiger partial charge >= 0.3 is 52.6 Å². The Kier molecular flexibility index (Phi) is 41.5. The molecule has 0 aromatic rings. The van der Waals surface area contributed by atoms with Crippen LogP contribution in [0.3, 0.4) is 0 Å². The minimum atomic E-state index is 0. The second-order valence-electron chi connectivity index (χ2n) is 0.577. The standard InChI is InChI=1S/C2H8N2.Mg.Na.3H/c3-1-2-4;;;;;/h1-4H2;;;;;. The molecule has 6 heavy (non-hydrogen) atoms. The Morgan fingerprint density at radius 2 is 1.17 bits per heavy atom. The van der Waals surface area contributed by atoms with Crippen LogP contribution in [0.1, 0.15) is 0 Å². The summed E-state index contributed by atoms with van der Waals surface area (Å²) in [4.78, 5) is 0. The van der Waals surface area contributed by atoms with Crippen molar-refractivity contribution in [1.29, 1.82) is 0 Å². The fraction of sp³-hybridized carbons (Fsp3) is 1.00. The van der Waals surface area contributed by atoms with Crippen LogP contribution in [-0.2, 0) is 0 Å². The van der Waals surface area contributed by atoms with E-state index >= 15 is 0 Å². The van der Waals surface area contributed by atoms with E-state index in [4.69, 9.17) is 11.5 Å². The summed E-state index contributed by atoms with van der Waals surface area (Å²) < 4.78 is 0. The third kappa shape index (κ3) is 17.3. The number of rotatable bonds is 1. The predicted octanol–water partition coefficient (Wildman–Crippen LogP) is -2.66. The normalized spacial score (nSPS) is 5.00. The van der Waals surface area contributed by atoms with Gasteiger partial charge in [-0.25, -0.2) is 0 Å². The Hall–Kier alpha value is 1.69. The second-order valence-corrected chi connectivity index (χ2v) is 0.577. The zero-order chi connectivity index (χ0) is 3.41. The number of hydrogen-bond donors (Lipinski definition) is 2. The van der Waals surface area contributed by atoms with Gasteiger partial charge in [0.2, 0.25) is 0 Å². The average molecular weight is 110 g/mol. The van der Waals surface area contributed by atoms with Gasteiger partial charge in [-0.1, -0.05) is 0 Å². The molecule has 0 aromatic carbocycles. The zero-order valence-corrected chi connectivity index (χ0v) is 2.57. The first kappa shape index (κ1) is 15.6. The summed E-state index contributed by atoms with van der Waals surface area (Å²) in [7, 11) is 0. The van der Waals surface area contributed by atoms with Crippen molar-refractivity contribution >= 4 is 52.6 Å². The van der Waals surface area contributed by atoms with Crippen LogP contribution >= 0.6 is 0 Å². The summed E-state index contributed by atoms with van der Waals surface area (Å²) in [6.45, 7) is 1.19. The molecule has 0 unspecified atom stereocenters. The van der Waals surface area contributed by atoms with Crippen LogP contribution in [0.15, 0.2) is 0 Å². The van der Waals surface area contributed by atoms with Gasteiger partial charge in [-0.3, -0.25) is 0 Å². The zero-order valence-electron chi connectivity index (χ0n) is 2.57. The monoisotopic (exact) mass is 110 g/mol. The molecule has 0 heterocycles. The molecule has 4 N–H and O–H groups in total. The molecule has 0 fully saturated rings. The molecule has 0 amide bonds. The maximum atomic E-state index is 4.90. The molecule has 0 aliphatic heterocycles. The van der Waals surface area contributed by atoms with Crippen LogP contribution in [0.5, 0.6) is 0 Å². The summed E-state index contributed by atoms with van der Waals surface area (Å²) in [6, 6.07) is 0. The maximum absolute atomic E-state index is 4.90. The van der Waals surface area contributed by atoms with Gasteiger partial charge < -0.3 is 11.5 Å². The molecule has 0 saturated carbocycles. The molecule has 0 rings (SSSR count). The molecule has 0 radical (unpaired) electrons. The van der Waals surface area contributed by atoms with E-state index < -0.39 is 0 Å². The van der Waals surface area contributed by atoms with E-state index in [9.17, 15) is 0 Å². The summed E-state index contributed by atoms with van der Waals surface area (Å²) in [5.41, 5.74) is 9.81. The van der Waals surface area contributed by atoms with Crippen molar-refractivity contribution in [1.82, 2.24) is 0 Å². The third-order valence-corrected chi connectivity index (χ3v) is 0.167. The molecule has 0 bridgehead atoms. The Morgan fingerprint density at radius 1 is 1.00 bits per heavy atom. The van der Waals surface area contributed by atoms with Crippen molar-refractivity contribution in [3.05, 3.63) is 0 Å². The van der Waals surface area contributed by atoms with Crippen LogP contribution in [0.2, 0.25) is 0 Å².